The summed E-state index contributed by atoms with van der Waals surface area (Å²) in [5.74, 6) is 0.0778. The number of esters is 1. The molecule has 0 bridgehead atoms. The molecule has 1 fully saturated rings. The Kier molecular flexibility index (Phi) is 4.32. The number of nitrogens with one attached hydrogen (secondary N) is 1. The molecule has 1 saturated heterocycles. The van der Waals surface area contributed by atoms with E-state index in [-0.39, 0.29) is 23.7 Å². The molecule has 19 heavy (non-hydrogen) atoms. The molecule has 0 aliphatic carbocycles. The Balaban J connectivity index is 2.09. The summed E-state index contributed by atoms with van der Waals surface area (Å²) in [6, 6.07) is 7.56. The van der Waals surface area contributed by atoms with E-state index in [2.05, 4.69) is 10.1 Å². The summed E-state index contributed by atoms with van der Waals surface area (Å²) in [5, 5.41) is 3.41. The van der Waals surface area contributed by atoms with Crippen LogP contribution in [0.4, 0.5) is 0 Å². The van der Waals surface area contributed by atoms with Crippen LogP contribution in [0.1, 0.15) is 41.7 Å². The fraction of sp³-hybridized carbons (Fsp3) is 0.467. The number of hydrogen-bond acceptors (Lipinski definition) is 4. The molecule has 1 unspecified atom stereocenters. The van der Waals surface area contributed by atoms with Crippen LogP contribution in [-0.2, 0) is 9.53 Å². The van der Waals surface area contributed by atoms with E-state index in [0.717, 1.165) is 24.9 Å². The van der Waals surface area contributed by atoms with Crippen LogP contribution in [0.5, 0.6) is 0 Å². The first kappa shape index (κ1) is 13.7. The predicted molar refractivity (Wildman–Crippen MR) is 71.9 cm³/mol. The smallest absolute Gasteiger partial charge is 0.337 e. The summed E-state index contributed by atoms with van der Waals surface area (Å²) in [7, 11) is 1.37. The maximum absolute atomic E-state index is 11.5. The van der Waals surface area contributed by atoms with E-state index < -0.39 is 0 Å². The summed E-state index contributed by atoms with van der Waals surface area (Å²) >= 11 is 0. The van der Waals surface area contributed by atoms with Crippen molar-refractivity contribution in [2.45, 2.75) is 25.8 Å². The second-order valence-electron chi connectivity index (χ2n) is 4.95. The van der Waals surface area contributed by atoms with Gasteiger partial charge in [0.25, 0.3) is 0 Å². The third-order valence-corrected chi connectivity index (χ3v) is 3.71. The maximum atomic E-state index is 11.5. The maximum Gasteiger partial charge on any atom is 0.337 e. The zero-order valence-corrected chi connectivity index (χ0v) is 11.3. The molecule has 1 N–H and O–H groups in total. The standard InChI is InChI=1S/C15H19NO3/c1-10(17)13-7-8-16-14(9-13)11-3-5-12(6-4-11)15(18)19-2/h3-6,13-14,16H,7-9H2,1-2H3/t13?,14-/m0/s1. The molecule has 1 aliphatic rings. The molecule has 0 amide bonds. The topological polar surface area (TPSA) is 55.4 Å². The SMILES string of the molecule is COC(=O)c1ccc([C@@H]2CC(C(C)=O)CCN2)cc1. The molecule has 2 atom stereocenters. The second kappa shape index (κ2) is 5.97. The molecule has 1 aliphatic heterocycles. The van der Waals surface area contributed by atoms with Crippen molar-refractivity contribution in [3.63, 3.8) is 0 Å². The predicted octanol–water partition coefficient (Wildman–Crippen LogP) is 2.10. The number of ether oxygens (including phenoxy) is 1. The Morgan fingerprint density at radius 2 is 1.95 bits per heavy atom. The lowest BCUT2D eigenvalue weighted by atomic mass is 9.86. The highest BCUT2D eigenvalue weighted by atomic mass is 16.5. The van der Waals surface area contributed by atoms with Gasteiger partial charge in [-0.05, 0) is 44.0 Å². The van der Waals surface area contributed by atoms with Gasteiger partial charge in [0.15, 0.2) is 0 Å². The minimum atomic E-state index is -0.329. The molecular formula is C15H19NO3. The van der Waals surface area contributed by atoms with E-state index in [1.807, 2.05) is 12.1 Å². The number of Topliss-reactive ketones (excluding diaryl/α,β-unsaturated/α-hetero) is 1. The summed E-state index contributed by atoms with van der Waals surface area (Å²) in [6.07, 6.45) is 1.74. The van der Waals surface area contributed by atoms with Crippen molar-refractivity contribution in [2.75, 3.05) is 13.7 Å². The molecule has 1 heterocycles. The Morgan fingerprint density at radius 3 is 2.53 bits per heavy atom. The van der Waals surface area contributed by atoms with Crippen molar-refractivity contribution in [3.8, 4) is 0 Å². The van der Waals surface area contributed by atoms with Gasteiger partial charge in [-0.1, -0.05) is 12.1 Å². The molecule has 1 aromatic carbocycles. The van der Waals surface area contributed by atoms with Crippen LogP contribution in [0.3, 0.4) is 0 Å². The number of carbonyl (C=O) groups excluding carboxylic acids is 2. The monoisotopic (exact) mass is 261 g/mol. The first-order valence-corrected chi connectivity index (χ1v) is 6.54. The van der Waals surface area contributed by atoms with E-state index in [4.69, 9.17) is 0 Å². The van der Waals surface area contributed by atoms with Gasteiger partial charge < -0.3 is 10.1 Å². The number of piperidine rings is 1. The number of carbonyl (C=O) groups is 2. The van der Waals surface area contributed by atoms with E-state index in [1.165, 1.54) is 7.11 Å². The van der Waals surface area contributed by atoms with E-state index >= 15 is 0 Å². The summed E-state index contributed by atoms with van der Waals surface area (Å²) in [6.45, 7) is 2.51. The molecule has 102 valence electrons. The van der Waals surface area contributed by atoms with Crippen molar-refractivity contribution in [3.05, 3.63) is 35.4 Å². The van der Waals surface area contributed by atoms with Gasteiger partial charge in [0.1, 0.15) is 5.78 Å². The number of rotatable bonds is 3. The Morgan fingerprint density at radius 1 is 1.26 bits per heavy atom. The van der Waals surface area contributed by atoms with Crippen LogP contribution in [0.15, 0.2) is 24.3 Å². The minimum absolute atomic E-state index is 0.145. The first-order chi connectivity index (χ1) is 9.11. The molecule has 1 aromatic rings. The molecule has 0 spiro atoms. The van der Waals surface area contributed by atoms with E-state index in [9.17, 15) is 9.59 Å². The van der Waals surface area contributed by atoms with Crippen LogP contribution < -0.4 is 5.32 Å². The zero-order chi connectivity index (χ0) is 13.8. The second-order valence-corrected chi connectivity index (χ2v) is 4.95. The van der Waals surface area contributed by atoms with Gasteiger partial charge in [-0.25, -0.2) is 4.79 Å². The van der Waals surface area contributed by atoms with Gasteiger partial charge in [-0.3, -0.25) is 4.79 Å². The fourth-order valence-electron chi connectivity index (χ4n) is 2.51. The zero-order valence-electron chi connectivity index (χ0n) is 11.3. The van der Waals surface area contributed by atoms with Crippen LogP contribution in [0.2, 0.25) is 0 Å². The Labute approximate surface area is 113 Å². The molecule has 0 saturated carbocycles. The quantitative estimate of drug-likeness (QED) is 0.847. The first-order valence-electron chi connectivity index (χ1n) is 6.54. The Bertz CT molecular complexity index is 467. The van der Waals surface area contributed by atoms with Gasteiger partial charge in [-0.15, -0.1) is 0 Å². The molecule has 4 heteroatoms. The fourth-order valence-corrected chi connectivity index (χ4v) is 2.51. The molecule has 4 nitrogen and oxygen atoms in total. The third kappa shape index (κ3) is 3.20. The Hall–Kier alpha value is -1.68. The molecular weight excluding hydrogens is 242 g/mol. The summed E-state index contributed by atoms with van der Waals surface area (Å²) in [4.78, 5) is 22.8. The van der Waals surface area contributed by atoms with Crippen molar-refractivity contribution in [2.24, 2.45) is 5.92 Å². The lowest BCUT2D eigenvalue weighted by Gasteiger charge is -2.29. The van der Waals surface area contributed by atoms with Crippen LogP contribution >= 0.6 is 0 Å². The molecule has 2 rings (SSSR count). The largest absolute Gasteiger partial charge is 0.465 e. The number of ketones is 1. The highest BCUT2D eigenvalue weighted by molar-refractivity contribution is 5.89. The minimum Gasteiger partial charge on any atom is -0.465 e. The summed E-state index contributed by atoms with van der Waals surface area (Å²) < 4.78 is 4.67. The normalized spacial score (nSPS) is 22.8. The molecule has 0 aromatic heterocycles. The lowest BCUT2D eigenvalue weighted by molar-refractivity contribution is -0.121. The number of methoxy groups -OCH3 is 1. The van der Waals surface area contributed by atoms with Gasteiger partial charge >= 0.3 is 5.97 Å². The van der Waals surface area contributed by atoms with Gasteiger partial charge in [0.2, 0.25) is 0 Å². The average Bonchev–Trinajstić information content (AvgIpc) is 2.46. The van der Waals surface area contributed by atoms with Crippen LogP contribution in [0.25, 0.3) is 0 Å². The van der Waals surface area contributed by atoms with E-state index in [1.54, 1.807) is 19.1 Å². The number of benzene rings is 1. The summed E-state index contributed by atoms with van der Waals surface area (Å²) in [5.41, 5.74) is 1.66. The highest BCUT2D eigenvalue weighted by Gasteiger charge is 2.25. The highest BCUT2D eigenvalue weighted by Crippen LogP contribution is 2.27. The van der Waals surface area contributed by atoms with Crippen molar-refractivity contribution in [1.82, 2.24) is 5.32 Å². The lowest BCUT2D eigenvalue weighted by Crippen LogP contribution is -2.34. The average molecular weight is 261 g/mol. The van der Waals surface area contributed by atoms with Crippen molar-refractivity contribution in [1.29, 1.82) is 0 Å². The van der Waals surface area contributed by atoms with Crippen molar-refractivity contribution >= 4 is 11.8 Å². The number of hydrogen-bond donors (Lipinski definition) is 1. The van der Waals surface area contributed by atoms with E-state index in [0.29, 0.717) is 5.56 Å². The molecule has 0 radical (unpaired) electrons. The van der Waals surface area contributed by atoms with Gasteiger partial charge in [-0.2, -0.15) is 0 Å². The van der Waals surface area contributed by atoms with Gasteiger partial charge in [0, 0.05) is 12.0 Å². The van der Waals surface area contributed by atoms with Gasteiger partial charge in [0.05, 0.1) is 12.7 Å². The van der Waals surface area contributed by atoms with Crippen LogP contribution in [0, 0.1) is 5.92 Å². The van der Waals surface area contributed by atoms with Crippen molar-refractivity contribution < 1.29 is 14.3 Å². The van der Waals surface area contributed by atoms with Crippen LogP contribution in [-0.4, -0.2) is 25.4 Å². The third-order valence-electron chi connectivity index (χ3n) is 3.71.